The second-order valence-electron chi connectivity index (χ2n) is 6.83. The zero-order valence-electron chi connectivity index (χ0n) is 17.1. The number of aromatic nitrogens is 1. The van der Waals surface area contributed by atoms with Gasteiger partial charge in [0.25, 0.3) is 5.91 Å². The van der Waals surface area contributed by atoms with Gasteiger partial charge in [0.05, 0.1) is 31.0 Å². The molecule has 1 heterocycles. The molecular formula is C22H21ClN2O4S. The molecule has 8 heteroatoms. The molecule has 0 fully saturated rings. The fraction of sp³-hybridized carbons (Fsp3) is 0.273. The van der Waals surface area contributed by atoms with E-state index in [0.29, 0.717) is 27.1 Å². The highest BCUT2D eigenvalue weighted by Crippen LogP contribution is 2.33. The van der Waals surface area contributed by atoms with Crippen molar-refractivity contribution in [1.82, 2.24) is 4.57 Å². The van der Waals surface area contributed by atoms with Crippen LogP contribution < -0.4 is 19.0 Å². The number of methoxy groups -OCH3 is 2. The van der Waals surface area contributed by atoms with E-state index in [4.69, 9.17) is 32.2 Å². The molecule has 3 rings (SSSR count). The highest BCUT2D eigenvalue weighted by molar-refractivity contribution is 7.16. The van der Waals surface area contributed by atoms with Gasteiger partial charge in [-0.05, 0) is 38.1 Å². The highest BCUT2D eigenvalue weighted by Gasteiger charge is 2.30. The molecule has 2 aromatic carbocycles. The molecule has 156 valence electrons. The molecule has 0 bridgehead atoms. The normalized spacial score (nSPS) is 11.9. The van der Waals surface area contributed by atoms with Crippen LogP contribution in [-0.2, 0) is 11.3 Å². The lowest BCUT2D eigenvalue weighted by atomic mass is 10.1. The van der Waals surface area contributed by atoms with Gasteiger partial charge in [0.15, 0.2) is 21.9 Å². The molecule has 0 saturated heterocycles. The van der Waals surface area contributed by atoms with Gasteiger partial charge in [0.1, 0.15) is 5.75 Å². The Kier molecular flexibility index (Phi) is 6.40. The summed E-state index contributed by atoms with van der Waals surface area (Å²) < 4.78 is 19.3. The number of nitrogens with zero attached hydrogens (tertiary/aromatic N) is 2. The highest BCUT2D eigenvalue weighted by atomic mass is 35.5. The smallest absolute Gasteiger partial charge is 0.291 e. The Labute approximate surface area is 183 Å². The Morgan fingerprint density at radius 1 is 1.20 bits per heavy atom. The van der Waals surface area contributed by atoms with E-state index in [1.54, 1.807) is 56.9 Å². The Bertz CT molecular complexity index is 1190. The summed E-state index contributed by atoms with van der Waals surface area (Å²) in [4.78, 5) is 17.8. The van der Waals surface area contributed by atoms with Crippen LogP contribution in [0.3, 0.4) is 0 Å². The second-order valence-corrected chi connectivity index (χ2v) is 8.28. The number of hydrogen-bond donors (Lipinski definition) is 0. The van der Waals surface area contributed by atoms with Crippen molar-refractivity contribution in [3.05, 3.63) is 46.2 Å². The summed E-state index contributed by atoms with van der Waals surface area (Å²) in [5.41, 5.74) is -0.383. The molecule has 0 aliphatic carbocycles. The van der Waals surface area contributed by atoms with Gasteiger partial charge in [0, 0.05) is 17.2 Å². The van der Waals surface area contributed by atoms with Crippen molar-refractivity contribution in [3.8, 4) is 29.6 Å². The summed E-state index contributed by atoms with van der Waals surface area (Å²) in [5, 5.41) is 0.586. The number of ether oxygens (including phenoxy) is 3. The van der Waals surface area contributed by atoms with E-state index in [1.165, 1.54) is 11.3 Å². The van der Waals surface area contributed by atoms with Gasteiger partial charge in [-0.2, -0.15) is 4.99 Å². The first-order chi connectivity index (χ1) is 14.3. The van der Waals surface area contributed by atoms with E-state index >= 15 is 0 Å². The number of hydrogen-bond acceptors (Lipinski definition) is 5. The molecular weight excluding hydrogens is 424 g/mol. The maximum absolute atomic E-state index is 13.0. The fourth-order valence-corrected chi connectivity index (χ4v) is 3.95. The number of halogens is 1. The summed E-state index contributed by atoms with van der Waals surface area (Å²) in [6.07, 6.45) is 5.55. The average molecular weight is 445 g/mol. The van der Waals surface area contributed by atoms with E-state index in [0.717, 1.165) is 10.2 Å². The minimum Gasteiger partial charge on any atom is -0.493 e. The average Bonchev–Trinajstić information content (AvgIpc) is 3.04. The molecule has 0 unspecified atom stereocenters. The van der Waals surface area contributed by atoms with Crippen LogP contribution in [0.1, 0.15) is 13.8 Å². The largest absolute Gasteiger partial charge is 0.493 e. The third-order valence-corrected chi connectivity index (χ3v) is 5.63. The van der Waals surface area contributed by atoms with Crippen LogP contribution in [0.2, 0.25) is 5.02 Å². The number of benzene rings is 2. The summed E-state index contributed by atoms with van der Waals surface area (Å²) in [6, 6.07) is 10.5. The van der Waals surface area contributed by atoms with Gasteiger partial charge in [-0.3, -0.25) is 4.79 Å². The van der Waals surface area contributed by atoms with Crippen LogP contribution in [0.25, 0.3) is 10.2 Å². The first kappa shape index (κ1) is 21.8. The predicted octanol–water partition coefficient (Wildman–Crippen LogP) is 4.29. The number of carbonyl (C=O) groups is 1. The van der Waals surface area contributed by atoms with E-state index in [1.807, 2.05) is 12.1 Å². The molecule has 0 N–H and O–H groups in total. The van der Waals surface area contributed by atoms with Crippen molar-refractivity contribution in [3.63, 3.8) is 0 Å². The molecule has 0 aliphatic rings. The zero-order valence-corrected chi connectivity index (χ0v) is 18.6. The molecule has 0 atom stereocenters. The van der Waals surface area contributed by atoms with E-state index < -0.39 is 11.5 Å². The minimum atomic E-state index is -1.19. The molecule has 3 aromatic rings. The van der Waals surface area contributed by atoms with Gasteiger partial charge < -0.3 is 18.8 Å². The lowest BCUT2D eigenvalue weighted by molar-refractivity contribution is -0.130. The van der Waals surface area contributed by atoms with Crippen LogP contribution in [0, 0.1) is 12.3 Å². The SMILES string of the molecule is C#CCn1c(=NC(=O)C(C)(C)Oc2ccc(Cl)cc2)sc2cc(OC)c(OC)cc21. The van der Waals surface area contributed by atoms with Gasteiger partial charge in [-0.15, -0.1) is 6.42 Å². The van der Waals surface area contributed by atoms with Crippen molar-refractivity contribution >= 4 is 39.1 Å². The van der Waals surface area contributed by atoms with Gasteiger partial charge in [0.2, 0.25) is 0 Å². The first-order valence-corrected chi connectivity index (χ1v) is 10.2. The third-order valence-electron chi connectivity index (χ3n) is 4.34. The van der Waals surface area contributed by atoms with Crippen molar-refractivity contribution < 1.29 is 19.0 Å². The maximum Gasteiger partial charge on any atom is 0.291 e. The minimum absolute atomic E-state index is 0.250. The summed E-state index contributed by atoms with van der Waals surface area (Å²) in [6.45, 7) is 3.58. The van der Waals surface area contributed by atoms with Gasteiger partial charge >= 0.3 is 0 Å². The quantitative estimate of drug-likeness (QED) is 0.532. The Balaban J connectivity index is 2.05. The Morgan fingerprint density at radius 3 is 2.43 bits per heavy atom. The molecule has 1 aromatic heterocycles. The van der Waals surface area contributed by atoms with Crippen molar-refractivity contribution in [2.24, 2.45) is 4.99 Å². The molecule has 0 aliphatic heterocycles. The number of carbonyl (C=O) groups excluding carboxylic acids is 1. The number of terminal acetylenes is 1. The van der Waals surface area contributed by atoms with E-state index in [2.05, 4.69) is 10.9 Å². The molecule has 0 saturated carbocycles. The van der Waals surface area contributed by atoms with Crippen molar-refractivity contribution in [1.29, 1.82) is 0 Å². The predicted molar refractivity (Wildman–Crippen MR) is 118 cm³/mol. The Morgan fingerprint density at radius 2 is 1.83 bits per heavy atom. The maximum atomic E-state index is 13.0. The van der Waals surface area contributed by atoms with Crippen LogP contribution in [-0.4, -0.2) is 30.3 Å². The molecule has 30 heavy (non-hydrogen) atoms. The topological polar surface area (TPSA) is 62.1 Å². The number of fused-ring (bicyclic) bond motifs is 1. The standard InChI is InChI=1S/C22H21ClN2O4S/c1-6-11-25-16-12-17(27-4)18(28-5)13-19(16)30-21(25)24-20(26)22(2,3)29-15-9-7-14(23)8-10-15/h1,7-10,12-13H,11H2,2-5H3. The lowest BCUT2D eigenvalue weighted by Gasteiger charge is -2.22. The summed E-state index contributed by atoms with van der Waals surface area (Å²) >= 11 is 7.24. The molecule has 0 radical (unpaired) electrons. The fourth-order valence-electron chi connectivity index (χ4n) is 2.79. The summed E-state index contributed by atoms with van der Waals surface area (Å²) in [7, 11) is 3.13. The van der Waals surface area contributed by atoms with Crippen LogP contribution in [0.5, 0.6) is 17.2 Å². The van der Waals surface area contributed by atoms with E-state index in [9.17, 15) is 4.79 Å². The monoisotopic (exact) mass is 444 g/mol. The van der Waals surface area contributed by atoms with E-state index in [-0.39, 0.29) is 6.54 Å². The second kappa shape index (κ2) is 8.82. The molecule has 1 amide bonds. The van der Waals surface area contributed by atoms with Crippen LogP contribution >= 0.6 is 22.9 Å². The molecule has 6 nitrogen and oxygen atoms in total. The molecule has 0 spiro atoms. The Hall–Kier alpha value is -2.95. The van der Waals surface area contributed by atoms with Gasteiger partial charge in [-0.25, -0.2) is 0 Å². The lowest BCUT2D eigenvalue weighted by Crippen LogP contribution is -2.38. The first-order valence-electron chi connectivity index (χ1n) is 9.01. The number of rotatable bonds is 6. The van der Waals surface area contributed by atoms with Crippen LogP contribution in [0.4, 0.5) is 0 Å². The summed E-state index contributed by atoms with van der Waals surface area (Å²) in [5.74, 6) is 3.85. The number of thiazole rings is 1. The number of amides is 1. The van der Waals surface area contributed by atoms with Crippen molar-refractivity contribution in [2.75, 3.05) is 14.2 Å². The van der Waals surface area contributed by atoms with Gasteiger partial charge in [-0.1, -0.05) is 28.9 Å². The zero-order chi connectivity index (χ0) is 21.9. The van der Waals surface area contributed by atoms with Crippen LogP contribution in [0.15, 0.2) is 41.4 Å². The van der Waals surface area contributed by atoms with Crippen molar-refractivity contribution in [2.45, 2.75) is 26.0 Å². The third kappa shape index (κ3) is 4.45.